The summed E-state index contributed by atoms with van der Waals surface area (Å²) in [5, 5.41) is 3.00. The highest BCUT2D eigenvalue weighted by molar-refractivity contribution is 7.89. The van der Waals surface area contributed by atoms with Gasteiger partial charge in [0.15, 0.2) is 0 Å². The molecule has 0 bridgehead atoms. The Morgan fingerprint density at radius 3 is 2.53 bits per heavy atom. The van der Waals surface area contributed by atoms with E-state index in [1.807, 2.05) is 37.3 Å². The van der Waals surface area contributed by atoms with Crippen molar-refractivity contribution in [3.05, 3.63) is 78.6 Å². The minimum absolute atomic E-state index is 0.0685. The number of sulfonamides is 1. The average Bonchev–Trinajstić information content (AvgIpc) is 3.62. The number of rotatable bonds is 7. The summed E-state index contributed by atoms with van der Waals surface area (Å²) >= 11 is 0. The molecule has 1 aliphatic heterocycles. The van der Waals surface area contributed by atoms with Crippen molar-refractivity contribution in [1.29, 1.82) is 0 Å². The molecule has 0 spiro atoms. The van der Waals surface area contributed by atoms with Crippen LogP contribution in [-0.4, -0.2) is 46.2 Å². The highest BCUT2D eigenvalue weighted by Gasteiger charge is 2.51. The van der Waals surface area contributed by atoms with Gasteiger partial charge in [-0.25, -0.2) is 13.4 Å². The van der Waals surface area contributed by atoms with Crippen LogP contribution in [0.2, 0.25) is 0 Å². The standard InChI is InChI=1S/C29H29N5O3S/c1-2-22-5-4-18-34(22)38(36,37)23-11-8-20(9-12-23)24-6-3-7-27(32-24)33-28(35)29(14-15-29)21-10-13-25-26(19-21)31-17-16-30-25/h3,6-13,16-17,19,22H,2,4-5,14-15,18H2,1H3,(H,32,33,35)/t22-/m0/s1. The maximum absolute atomic E-state index is 13.4. The van der Waals surface area contributed by atoms with E-state index < -0.39 is 15.4 Å². The Morgan fingerprint density at radius 1 is 1.03 bits per heavy atom. The van der Waals surface area contributed by atoms with Crippen molar-refractivity contribution < 1.29 is 13.2 Å². The number of benzene rings is 2. The van der Waals surface area contributed by atoms with Gasteiger partial charge in [-0.3, -0.25) is 14.8 Å². The quantitative estimate of drug-likeness (QED) is 0.366. The molecule has 3 heterocycles. The zero-order chi connectivity index (χ0) is 26.3. The molecule has 2 aromatic heterocycles. The number of nitrogens with zero attached hydrogens (tertiary/aromatic N) is 4. The topological polar surface area (TPSA) is 105 Å². The Labute approximate surface area is 222 Å². The first-order valence-electron chi connectivity index (χ1n) is 13.0. The lowest BCUT2D eigenvalue weighted by Crippen LogP contribution is -2.35. The largest absolute Gasteiger partial charge is 0.310 e. The zero-order valence-electron chi connectivity index (χ0n) is 21.2. The first-order valence-corrected chi connectivity index (χ1v) is 14.5. The second-order valence-electron chi connectivity index (χ2n) is 10.0. The average molecular weight is 528 g/mol. The molecule has 4 aromatic rings. The molecule has 0 unspecified atom stereocenters. The molecule has 0 radical (unpaired) electrons. The second kappa shape index (κ2) is 9.56. The molecule has 1 atom stereocenters. The van der Waals surface area contributed by atoms with Crippen LogP contribution in [0, 0.1) is 0 Å². The molecule has 2 fully saturated rings. The summed E-state index contributed by atoms with van der Waals surface area (Å²) in [7, 11) is -3.53. The third kappa shape index (κ3) is 4.35. The van der Waals surface area contributed by atoms with E-state index in [0.717, 1.165) is 54.3 Å². The van der Waals surface area contributed by atoms with Crippen LogP contribution in [-0.2, 0) is 20.2 Å². The van der Waals surface area contributed by atoms with Crippen LogP contribution in [0.25, 0.3) is 22.3 Å². The van der Waals surface area contributed by atoms with E-state index in [2.05, 4.69) is 20.3 Å². The fourth-order valence-corrected chi connectivity index (χ4v) is 7.17. The lowest BCUT2D eigenvalue weighted by molar-refractivity contribution is -0.118. The van der Waals surface area contributed by atoms with Gasteiger partial charge in [-0.2, -0.15) is 4.31 Å². The highest BCUT2D eigenvalue weighted by atomic mass is 32.2. The number of carbonyl (C=O) groups is 1. The Balaban J connectivity index is 1.20. The van der Waals surface area contributed by atoms with E-state index >= 15 is 0 Å². The number of amides is 1. The Hall–Kier alpha value is -3.69. The van der Waals surface area contributed by atoms with Crippen molar-refractivity contribution in [3.8, 4) is 11.3 Å². The summed E-state index contributed by atoms with van der Waals surface area (Å²) in [5.74, 6) is 0.363. The van der Waals surface area contributed by atoms with Crippen LogP contribution >= 0.6 is 0 Å². The number of anilines is 1. The molecule has 9 heteroatoms. The smallest absolute Gasteiger partial charge is 0.243 e. The predicted molar refractivity (Wildman–Crippen MR) is 146 cm³/mol. The SMILES string of the molecule is CC[C@H]1CCCN1S(=O)(=O)c1ccc(-c2cccc(NC(=O)C3(c4ccc5nccnc5c4)CC3)n2)cc1. The number of nitrogens with one attached hydrogen (secondary N) is 1. The van der Waals surface area contributed by atoms with Gasteiger partial charge >= 0.3 is 0 Å². The molecule has 38 heavy (non-hydrogen) atoms. The Bertz CT molecular complexity index is 1620. The summed E-state index contributed by atoms with van der Waals surface area (Å²) in [6.07, 6.45) is 7.45. The normalized spacial score (nSPS) is 18.9. The van der Waals surface area contributed by atoms with E-state index in [0.29, 0.717) is 23.0 Å². The molecule has 8 nitrogen and oxygen atoms in total. The van der Waals surface area contributed by atoms with Gasteiger partial charge in [0, 0.05) is 30.5 Å². The molecular formula is C29H29N5O3S. The summed E-state index contributed by atoms with van der Waals surface area (Å²) in [4.78, 5) is 27.0. The minimum Gasteiger partial charge on any atom is -0.310 e. The van der Waals surface area contributed by atoms with Crippen molar-refractivity contribution in [2.45, 2.75) is 55.4 Å². The lowest BCUT2D eigenvalue weighted by atomic mass is 9.94. The van der Waals surface area contributed by atoms with Crippen LogP contribution in [0.1, 0.15) is 44.6 Å². The van der Waals surface area contributed by atoms with Crippen molar-refractivity contribution in [2.75, 3.05) is 11.9 Å². The third-order valence-electron chi connectivity index (χ3n) is 7.75. The summed E-state index contributed by atoms with van der Waals surface area (Å²) in [6.45, 7) is 2.60. The third-order valence-corrected chi connectivity index (χ3v) is 9.71. The van der Waals surface area contributed by atoms with Crippen molar-refractivity contribution in [3.63, 3.8) is 0 Å². The second-order valence-corrected chi connectivity index (χ2v) is 11.9. The molecule has 1 amide bonds. The van der Waals surface area contributed by atoms with Gasteiger partial charge in [-0.05, 0) is 74.1 Å². The molecule has 2 aromatic carbocycles. The first kappa shape index (κ1) is 24.6. The monoisotopic (exact) mass is 527 g/mol. The van der Waals surface area contributed by atoms with E-state index in [4.69, 9.17) is 0 Å². The maximum atomic E-state index is 13.4. The molecule has 194 valence electrons. The highest BCUT2D eigenvalue weighted by Crippen LogP contribution is 2.49. The minimum atomic E-state index is -3.53. The first-order chi connectivity index (χ1) is 18.4. The Kier molecular flexibility index (Phi) is 6.20. The zero-order valence-corrected chi connectivity index (χ0v) is 22.0. The maximum Gasteiger partial charge on any atom is 0.243 e. The van der Waals surface area contributed by atoms with Gasteiger partial charge in [0.05, 0.1) is 27.0 Å². The lowest BCUT2D eigenvalue weighted by Gasteiger charge is -2.23. The molecule has 1 aliphatic carbocycles. The van der Waals surface area contributed by atoms with E-state index in [1.54, 1.807) is 47.0 Å². The van der Waals surface area contributed by atoms with Gasteiger partial charge < -0.3 is 5.32 Å². The number of fused-ring (bicyclic) bond motifs is 1. The number of aromatic nitrogens is 3. The van der Waals surface area contributed by atoms with Gasteiger partial charge in [-0.15, -0.1) is 0 Å². The number of hydrogen-bond acceptors (Lipinski definition) is 6. The van der Waals surface area contributed by atoms with E-state index in [-0.39, 0.29) is 11.9 Å². The van der Waals surface area contributed by atoms with Gasteiger partial charge in [0.2, 0.25) is 15.9 Å². The van der Waals surface area contributed by atoms with Crippen molar-refractivity contribution in [1.82, 2.24) is 19.3 Å². The Morgan fingerprint density at radius 2 is 1.79 bits per heavy atom. The van der Waals surface area contributed by atoms with Crippen LogP contribution in [0.4, 0.5) is 5.82 Å². The number of pyridine rings is 1. The van der Waals surface area contributed by atoms with Gasteiger partial charge in [-0.1, -0.05) is 31.2 Å². The molecule has 1 N–H and O–H groups in total. The summed E-state index contributed by atoms with van der Waals surface area (Å²) in [5.41, 5.74) is 3.34. The summed E-state index contributed by atoms with van der Waals surface area (Å²) < 4.78 is 28.0. The molecule has 1 saturated carbocycles. The van der Waals surface area contributed by atoms with Crippen LogP contribution in [0.5, 0.6) is 0 Å². The fourth-order valence-electron chi connectivity index (χ4n) is 5.40. The van der Waals surface area contributed by atoms with E-state index in [9.17, 15) is 13.2 Å². The number of carbonyl (C=O) groups excluding carboxylic acids is 1. The van der Waals surface area contributed by atoms with Crippen LogP contribution in [0.3, 0.4) is 0 Å². The van der Waals surface area contributed by atoms with Crippen LogP contribution in [0.15, 0.2) is 78.0 Å². The van der Waals surface area contributed by atoms with Crippen LogP contribution < -0.4 is 5.32 Å². The molecule has 2 aliphatic rings. The number of hydrogen-bond donors (Lipinski definition) is 1. The molecule has 1 saturated heterocycles. The predicted octanol–water partition coefficient (Wildman–Crippen LogP) is 4.93. The fraction of sp³-hybridized carbons (Fsp3) is 0.310. The summed E-state index contributed by atoms with van der Waals surface area (Å²) in [6, 6.07) is 18.2. The van der Waals surface area contributed by atoms with E-state index in [1.165, 1.54) is 0 Å². The molecule has 6 rings (SSSR count). The van der Waals surface area contributed by atoms with Gasteiger partial charge in [0.1, 0.15) is 5.82 Å². The molecular weight excluding hydrogens is 498 g/mol. The van der Waals surface area contributed by atoms with Crippen molar-refractivity contribution >= 4 is 32.8 Å². The van der Waals surface area contributed by atoms with Gasteiger partial charge in [0.25, 0.3) is 0 Å². The van der Waals surface area contributed by atoms with Crippen molar-refractivity contribution in [2.24, 2.45) is 0 Å².